The van der Waals surface area contributed by atoms with Crippen LogP contribution in [0.5, 0.6) is 11.5 Å². The molecule has 2 aromatic rings. The molecule has 3 N–H and O–H groups in total. The lowest BCUT2D eigenvalue weighted by atomic mass is 10.0. The largest absolute Gasteiger partial charge is 0.507 e. The number of aryl methyl sites for hydroxylation is 1. The smallest absolute Gasteiger partial charge is 0.124 e. The summed E-state index contributed by atoms with van der Waals surface area (Å²) in [4.78, 5) is 0. The van der Waals surface area contributed by atoms with E-state index in [9.17, 15) is 10.2 Å². The Morgan fingerprint density at radius 3 is 1.95 bits per heavy atom. The van der Waals surface area contributed by atoms with Crippen LogP contribution < -0.4 is 5.32 Å². The van der Waals surface area contributed by atoms with E-state index in [1.807, 2.05) is 6.92 Å². The minimum absolute atomic E-state index is 0.112. The highest BCUT2D eigenvalue weighted by Gasteiger charge is 2.17. The van der Waals surface area contributed by atoms with Crippen molar-refractivity contribution in [2.75, 3.05) is 0 Å². The molecule has 0 spiro atoms. The zero-order valence-electron chi connectivity index (χ0n) is 12.1. The fourth-order valence-electron chi connectivity index (χ4n) is 2.39. The van der Waals surface area contributed by atoms with Crippen molar-refractivity contribution in [2.24, 2.45) is 0 Å². The van der Waals surface area contributed by atoms with Crippen molar-refractivity contribution >= 4 is 0 Å². The zero-order valence-corrected chi connectivity index (χ0v) is 12.1. The second-order valence-electron chi connectivity index (χ2n) is 5.23. The van der Waals surface area contributed by atoms with E-state index in [0.29, 0.717) is 5.56 Å². The molecule has 0 aromatic heterocycles. The molecule has 2 atom stereocenters. The minimum Gasteiger partial charge on any atom is -0.507 e. The molecule has 0 aliphatic rings. The average molecular weight is 271 g/mol. The van der Waals surface area contributed by atoms with Gasteiger partial charge in [-0.05, 0) is 38.5 Å². The number of nitrogens with one attached hydrogen (secondary N) is 1. The molecule has 106 valence electrons. The third kappa shape index (κ3) is 3.11. The Balaban J connectivity index is 2.15. The van der Waals surface area contributed by atoms with Crippen LogP contribution in [0, 0.1) is 6.92 Å². The molecule has 0 aliphatic carbocycles. The van der Waals surface area contributed by atoms with E-state index in [0.717, 1.165) is 0 Å². The fourth-order valence-corrected chi connectivity index (χ4v) is 2.39. The van der Waals surface area contributed by atoms with Crippen LogP contribution in [-0.4, -0.2) is 10.2 Å². The minimum atomic E-state index is -0.146. The van der Waals surface area contributed by atoms with Crippen molar-refractivity contribution in [1.82, 2.24) is 5.32 Å². The number of hydrogen-bond donors (Lipinski definition) is 3. The maximum absolute atomic E-state index is 9.88. The summed E-state index contributed by atoms with van der Waals surface area (Å²) in [5, 5.41) is 23.2. The Hall–Kier alpha value is -2.00. The summed E-state index contributed by atoms with van der Waals surface area (Å²) in [6.07, 6.45) is 0. The van der Waals surface area contributed by atoms with Crippen LogP contribution >= 0.6 is 0 Å². The Morgan fingerprint density at radius 1 is 0.850 bits per heavy atom. The lowest BCUT2D eigenvalue weighted by Gasteiger charge is -2.22. The summed E-state index contributed by atoms with van der Waals surface area (Å²) in [7, 11) is 0. The van der Waals surface area contributed by atoms with Crippen LogP contribution in [0.3, 0.4) is 0 Å². The zero-order chi connectivity index (χ0) is 14.7. The van der Waals surface area contributed by atoms with Gasteiger partial charge in [0.25, 0.3) is 0 Å². The number of phenolic OH excluding ortho intramolecular Hbond substituents is 2. The second-order valence-corrected chi connectivity index (χ2v) is 5.23. The van der Waals surface area contributed by atoms with Crippen molar-refractivity contribution < 1.29 is 10.2 Å². The van der Waals surface area contributed by atoms with Crippen molar-refractivity contribution in [3.63, 3.8) is 0 Å². The van der Waals surface area contributed by atoms with Gasteiger partial charge in [-0.2, -0.15) is 0 Å². The molecule has 0 fully saturated rings. The van der Waals surface area contributed by atoms with Gasteiger partial charge < -0.3 is 15.5 Å². The molecular formula is C17H21NO2. The standard InChI is InChI=1S/C17H21NO2/c1-11-7-9-14(10-8-11)12(2)18-13(3)17-15(19)5-4-6-16(17)20/h4-10,12-13,18-20H,1-3H3. The fraction of sp³-hybridized carbons (Fsp3) is 0.294. The molecule has 0 saturated heterocycles. The topological polar surface area (TPSA) is 52.5 Å². The lowest BCUT2D eigenvalue weighted by Crippen LogP contribution is -2.22. The first kappa shape index (κ1) is 14.4. The van der Waals surface area contributed by atoms with Gasteiger partial charge in [0.1, 0.15) is 11.5 Å². The van der Waals surface area contributed by atoms with Crippen LogP contribution in [0.2, 0.25) is 0 Å². The normalized spacial score (nSPS) is 13.9. The highest BCUT2D eigenvalue weighted by molar-refractivity contribution is 5.45. The molecule has 2 rings (SSSR count). The van der Waals surface area contributed by atoms with Gasteiger partial charge in [-0.15, -0.1) is 0 Å². The van der Waals surface area contributed by atoms with Gasteiger partial charge >= 0.3 is 0 Å². The third-order valence-corrected chi connectivity index (χ3v) is 3.57. The van der Waals surface area contributed by atoms with E-state index in [2.05, 4.69) is 43.4 Å². The summed E-state index contributed by atoms with van der Waals surface area (Å²) >= 11 is 0. The third-order valence-electron chi connectivity index (χ3n) is 3.57. The Labute approximate surface area is 119 Å². The van der Waals surface area contributed by atoms with E-state index in [1.165, 1.54) is 11.1 Å². The van der Waals surface area contributed by atoms with Crippen LogP contribution in [0.15, 0.2) is 42.5 Å². The highest BCUT2D eigenvalue weighted by atomic mass is 16.3. The molecule has 20 heavy (non-hydrogen) atoms. The van der Waals surface area contributed by atoms with E-state index in [-0.39, 0.29) is 23.6 Å². The SMILES string of the molecule is Cc1ccc(C(C)NC(C)c2c(O)cccc2O)cc1. The molecule has 0 bridgehead atoms. The summed E-state index contributed by atoms with van der Waals surface area (Å²) in [6.45, 7) is 6.06. The first-order chi connectivity index (χ1) is 9.49. The first-order valence-corrected chi connectivity index (χ1v) is 6.82. The van der Waals surface area contributed by atoms with E-state index < -0.39 is 0 Å². The van der Waals surface area contributed by atoms with Gasteiger partial charge in [-0.1, -0.05) is 35.9 Å². The van der Waals surface area contributed by atoms with Gasteiger partial charge in [-0.3, -0.25) is 0 Å². The summed E-state index contributed by atoms with van der Waals surface area (Å²) in [6, 6.07) is 13.1. The highest BCUT2D eigenvalue weighted by Crippen LogP contribution is 2.33. The average Bonchev–Trinajstić information content (AvgIpc) is 2.39. The van der Waals surface area contributed by atoms with Gasteiger partial charge in [0.05, 0.1) is 5.56 Å². The van der Waals surface area contributed by atoms with E-state index in [4.69, 9.17) is 0 Å². The molecular weight excluding hydrogens is 250 g/mol. The maximum atomic E-state index is 9.88. The van der Waals surface area contributed by atoms with Crippen LogP contribution in [-0.2, 0) is 0 Å². The quantitative estimate of drug-likeness (QED) is 0.792. The molecule has 3 heteroatoms. The van der Waals surface area contributed by atoms with Gasteiger partial charge in [0, 0.05) is 12.1 Å². The van der Waals surface area contributed by atoms with Crippen LogP contribution in [0.4, 0.5) is 0 Å². The molecule has 0 aliphatic heterocycles. The van der Waals surface area contributed by atoms with Crippen LogP contribution in [0.25, 0.3) is 0 Å². The molecule has 0 saturated carbocycles. The summed E-state index contributed by atoms with van der Waals surface area (Å²) in [5.41, 5.74) is 2.94. The Morgan fingerprint density at radius 2 is 1.40 bits per heavy atom. The number of phenols is 2. The number of benzene rings is 2. The molecule has 3 nitrogen and oxygen atoms in total. The molecule has 2 unspecified atom stereocenters. The summed E-state index contributed by atoms with van der Waals surface area (Å²) in [5.74, 6) is 0.224. The molecule has 2 aromatic carbocycles. The number of aromatic hydroxyl groups is 2. The second kappa shape index (κ2) is 5.97. The predicted molar refractivity (Wildman–Crippen MR) is 80.9 cm³/mol. The Kier molecular flexibility index (Phi) is 4.30. The van der Waals surface area contributed by atoms with Crippen molar-refractivity contribution in [2.45, 2.75) is 32.9 Å². The van der Waals surface area contributed by atoms with Gasteiger partial charge in [0.2, 0.25) is 0 Å². The number of hydrogen-bond acceptors (Lipinski definition) is 3. The van der Waals surface area contributed by atoms with Gasteiger partial charge in [-0.25, -0.2) is 0 Å². The Bertz CT molecular complexity index is 558. The van der Waals surface area contributed by atoms with Crippen molar-refractivity contribution in [3.8, 4) is 11.5 Å². The first-order valence-electron chi connectivity index (χ1n) is 6.82. The molecule has 0 amide bonds. The van der Waals surface area contributed by atoms with Crippen molar-refractivity contribution in [1.29, 1.82) is 0 Å². The molecule has 0 heterocycles. The predicted octanol–water partition coefficient (Wildman–Crippen LogP) is 3.82. The maximum Gasteiger partial charge on any atom is 0.124 e. The van der Waals surface area contributed by atoms with E-state index >= 15 is 0 Å². The van der Waals surface area contributed by atoms with E-state index in [1.54, 1.807) is 18.2 Å². The van der Waals surface area contributed by atoms with Crippen molar-refractivity contribution in [3.05, 3.63) is 59.2 Å². The molecule has 0 radical (unpaired) electrons. The number of rotatable bonds is 4. The van der Waals surface area contributed by atoms with Crippen LogP contribution in [0.1, 0.15) is 42.6 Å². The van der Waals surface area contributed by atoms with Gasteiger partial charge in [0.15, 0.2) is 0 Å². The lowest BCUT2D eigenvalue weighted by molar-refractivity contribution is 0.407. The monoisotopic (exact) mass is 271 g/mol. The summed E-state index contributed by atoms with van der Waals surface area (Å²) < 4.78 is 0.